The molecule has 23 heavy (non-hydrogen) atoms. The highest BCUT2D eigenvalue weighted by molar-refractivity contribution is 5.36. The van der Waals surface area contributed by atoms with Crippen LogP contribution in [-0.2, 0) is 0 Å². The summed E-state index contributed by atoms with van der Waals surface area (Å²) < 4.78 is 10.7. The molecule has 0 aliphatic carbocycles. The molecule has 5 nitrogen and oxygen atoms in total. The maximum absolute atomic E-state index is 10.3. The van der Waals surface area contributed by atoms with Crippen molar-refractivity contribution in [1.82, 2.24) is 0 Å². The van der Waals surface area contributed by atoms with Crippen LogP contribution < -0.4 is 9.47 Å². The van der Waals surface area contributed by atoms with Crippen molar-refractivity contribution in [2.75, 3.05) is 0 Å². The summed E-state index contributed by atoms with van der Waals surface area (Å²) in [6.07, 6.45) is 0.351. The molecule has 0 aliphatic heterocycles. The fourth-order valence-electron chi connectivity index (χ4n) is 1.69. The molecule has 2 aromatic rings. The van der Waals surface area contributed by atoms with E-state index in [2.05, 4.69) is 0 Å². The maximum atomic E-state index is 10.3. The molecular formula is C18H23NO4. The molecule has 0 aromatic heterocycles. The Morgan fingerprint density at radius 1 is 0.783 bits per heavy atom. The van der Waals surface area contributed by atoms with E-state index in [1.54, 1.807) is 12.1 Å². The van der Waals surface area contributed by atoms with Crippen molar-refractivity contribution in [2.24, 2.45) is 0 Å². The predicted molar refractivity (Wildman–Crippen MR) is 91.1 cm³/mol. The van der Waals surface area contributed by atoms with Crippen LogP contribution in [0, 0.1) is 10.1 Å². The summed E-state index contributed by atoms with van der Waals surface area (Å²) in [7, 11) is 0. The van der Waals surface area contributed by atoms with Gasteiger partial charge in [-0.15, -0.1) is 0 Å². The van der Waals surface area contributed by atoms with Gasteiger partial charge in [-0.05, 0) is 52.0 Å². The average Bonchev–Trinajstić information content (AvgIpc) is 2.48. The van der Waals surface area contributed by atoms with Gasteiger partial charge in [0, 0.05) is 12.1 Å². The summed E-state index contributed by atoms with van der Waals surface area (Å²) in [6.45, 7) is 7.85. The molecule has 0 radical (unpaired) electrons. The Morgan fingerprint density at radius 3 is 1.61 bits per heavy atom. The van der Waals surface area contributed by atoms with E-state index in [-0.39, 0.29) is 17.9 Å². The number of non-ortho nitro benzene ring substituents is 1. The zero-order valence-corrected chi connectivity index (χ0v) is 13.9. The molecule has 124 valence electrons. The van der Waals surface area contributed by atoms with E-state index in [0.29, 0.717) is 5.75 Å². The second-order valence-corrected chi connectivity index (χ2v) is 5.40. The molecule has 0 saturated carbocycles. The minimum Gasteiger partial charge on any atom is -0.491 e. The van der Waals surface area contributed by atoms with E-state index < -0.39 is 4.92 Å². The molecule has 0 fully saturated rings. The van der Waals surface area contributed by atoms with E-state index in [4.69, 9.17) is 9.47 Å². The standard InChI is InChI=1S/C9H11NO3.C9H12O/c1-7(2)13-9-5-3-8(4-6-9)10(11)12;1-8(2)10-9-6-4-3-5-7-9/h3-7H,1-2H3;3-8H,1-2H3. The van der Waals surface area contributed by atoms with Crippen LogP contribution in [-0.4, -0.2) is 17.1 Å². The Balaban J connectivity index is 0.000000238. The highest BCUT2D eigenvalue weighted by atomic mass is 16.6. The van der Waals surface area contributed by atoms with Crippen molar-refractivity contribution in [3.05, 3.63) is 64.7 Å². The molecule has 0 saturated heterocycles. The number of rotatable bonds is 5. The van der Waals surface area contributed by atoms with Crippen molar-refractivity contribution in [3.63, 3.8) is 0 Å². The van der Waals surface area contributed by atoms with E-state index >= 15 is 0 Å². The number of hydrogen-bond acceptors (Lipinski definition) is 4. The third-order valence-corrected chi connectivity index (χ3v) is 2.53. The zero-order chi connectivity index (χ0) is 17.2. The van der Waals surface area contributed by atoms with Gasteiger partial charge in [0.05, 0.1) is 17.1 Å². The van der Waals surface area contributed by atoms with Gasteiger partial charge in [-0.3, -0.25) is 10.1 Å². The molecule has 0 bridgehead atoms. The van der Waals surface area contributed by atoms with Gasteiger partial charge in [0.15, 0.2) is 0 Å². The van der Waals surface area contributed by atoms with Crippen LogP contribution in [0.1, 0.15) is 27.7 Å². The molecule has 2 rings (SSSR count). The van der Waals surface area contributed by atoms with Gasteiger partial charge in [-0.25, -0.2) is 0 Å². The van der Waals surface area contributed by atoms with Crippen LogP contribution in [0.3, 0.4) is 0 Å². The highest BCUT2D eigenvalue weighted by Crippen LogP contribution is 2.18. The zero-order valence-electron chi connectivity index (χ0n) is 13.9. The van der Waals surface area contributed by atoms with Crippen LogP contribution >= 0.6 is 0 Å². The SMILES string of the molecule is CC(C)Oc1ccc([N+](=O)[O-])cc1.CC(C)Oc1ccccc1. The summed E-state index contributed by atoms with van der Waals surface area (Å²) in [5, 5.41) is 10.3. The van der Waals surface area contributed by atoms with E-state index in [1.165, 1.54) is 12.1 Å². The quantitative estimate of drug-likeness (QED) is 0.584. The first-order valence-corrected chi connectivity index (χ1v) is 7.51. The number of benzene rings is 2. The molecule has 0 N–H and O–H groups in total. The van der Waals surface area contributed by atoms with E-state index in [9.17, 15) is 10.1 Å². The van der Waals surface area contributed by atoms with Gasteiger partial charge in [0.1, 0.15) is 11.5 Å². The van der Waals surface area contributed by atoms with Crippen LogP contribution in [0.4, 0.5) is 5.69 Å². The summed E-state index contributed by atoms with van der Waals surface area (Å²) in [4.78, 5) is 9.87. The van der Waals surface area contributed by atoms with Crippen molar-refractivity contribution in [1.29, 1.82) is 0 Å². The van der Waals surface area contributed by atoms with Crippen LogP contribution in [0.5, 0.6) is 11.5 Å². The lowest BCUT2D eigenvalue weighted by molar-refractivity contribution is -0.384. The molecule has 0 amide bonds. The molecule has 0 spiro atoms. The number of para-hydroxylation sites is 1. The smallest absolute Gasteiger partial charge is 0.269 e. The number of ether oxygens (including phenoxy) is 2. The Kier molecular flexibility index (Phi) is 7.60. The van der Waals surface area contributed by atoms with Crippen molar-refractivity contribution >= 4 is 5.69 Å². The third kappa shape index (κ3) is 7.85. The molecule has 5 heteroatoms. The van der Waals surface area contributed by atoms with Crippen molar-refractivity contribution < 1.29 is 14.4 Å². The van der Waals surface area contributed by atoms with Crippen LogP contribution in [0.25, 0.3) is 0 Å². The molecule has 0 unspecified atom stereocenters. The summed E-state index contributed by atoms with van der Waals surface area (Å²) in [5.41, 5.74) is 0.0797. The second kappa shape index (κ2) is 9.46. The van der Waals surface area contributed by atoms with E-state index in [0.717, 1.165) is 5.75 Å². The monoisotopic (exact) mass is 317 g/mol. The van der Waals surface area contributed by atoms with Crippen molar-refractivity contribution in [2.45, 2.75) is 39.9 Å². The number of nitro groups is 1. The van der Waals surface area contributed by atoms with Gasteiger partial charge in [0.2, 0.25) is 0 Å². The predicted octanol–water partition coefficient (Wildman–Crippen LogP) is 4.86. The average molecular weight is 317 g/mol. The molecule has 2 aromatic carbocycles. The van der Waals surface area contributed by atoms with Crippen LogP contribution in [0.15, 0.2) is 54.6 Å². The largest absolute Gasteiger partial charge is 0.491 e. The Hall–Kier alpha value is -2.56. The number of hydrogen-bond donors (Lipinski definition) is 0. The van der Waals surface area contributed by atoms with Crippen molar-refractivity contribution in [3.8, 4) is 11.5 Å². The maximum Gasteiger partial charge on any atom is 0.269 e. The van der Waals surface area contributed by atoms with Gasteiger partial charge < -0.3 is 9.47 Å². The van der Waals surface area contributed by atoms with Crippen LogP contribution in [0.2, 0.25) is 0 Å². The first-order chi connectivity index (χ1) is 10.9. The second-order valence-electron chi connectivity index (χ2n) is 5.40. The topological polar surface area (TPSA) is 61.6 Å². The lowest BCUT2D eigenvalue weighted by atomic mass is 10.3. The lowest BCUT2D eigenvalue weighted by Crippen LogP contribution is -2.05. The Morgan fingerprint density at radius 2 is 1.22 bits per heavy atom. The minimum absolute atomic E-state index is 0.0797. The summed E-state index contributed by atoms with van der Waals surface area (Å²) in [6, 6.07) is 15.9. The molecule has 0 aliphatic rings. The molecule has 0 atom stereocenters. The minimum atomic E-state index is -0.431. The number of nitrogens with zero attached hydrogens (tertiary/aromatic N) is 1. The Bertz CT molecular complexity index is 580. The number of nitro benzene ring substituents is 1. The van der Waals surface area contributed by atoms with Gasteiger partial charge in [-0.2, -0.15) is 0 Å². The van der Waals surface area contributed by atoms with E-state index in [1.807, 2.05) is 58.0 Å². The first-order valence-electron chi connectivity index (χ1n) is 7.51. The summed E-state index contributed by atoms with van der Waals surface area (Å²) >= 11 is 0. The fourth-order valence-corrected chi connectivity index (χ4v) is 1.69. The van der Waals surface area contributed by atoms with Gasteiger partial charge >= 0.3 is 0 Å². The van der Waals surface area contributed by atoms with Gasteiger partial charge in [0.25, 0.3) is 5.69 Å². The Labute approximate surface area is 137 Å². The highest BCUT2D eigenvalue weighted by Gasteiger charge is 2.04. The van der Waals surface area contributed by atoms with Gasteiger partial charge in [-0.1, -0.05) is 18.2 Å². The fraction of sp³-hybridized carbons (Fsp3) is 0.333. The first kappa shape index (κ1) is 18.5. The lowest BCUT2D eigenvalue weighted by Gasteiger charge is -2.08. The molecular weight excluding hydrogens is 294 g/mol. The normalized spacial score (nSPS) is 10.0. The molecule has 0 heterocycles. The third-order valence-electron chi connectivity index (χ3n) is 2.53. The summed E-state index contributed by atoms with van der Waals surface area (Å²) in [5.74, 6) is 1.60.